The lowest BCUT2D eigenvalue weighted by atomic mass is 9.96. The number of alkyl halides is 3. The Balaban J connectivity index is 1.56. The number of hydrogen-bond acceptors (Lipinski definition) is 5. The van der Waals surface area contributed by atoms with Crippen LogP contribution in [-0.2, 0) is 6.54 Å². The quantitative estimate of drug-likeness (QED) is 0.438. The van der Waals surface area contributed by atoms with Gasteiger partial charge in [0, 0.05) is 35.5 Å². The summed E-state index contributed by atoms with van der Waals surface area (Å²) in [5.41, 5.74) is 2.33. The number of aromatic nitrogens is 5. The van der Waals surface area contributed by atoms with E-state index in [2.05, 4.69) is 31.4 Å². The first kappa shape index (κ1) is 23.0. The highest BCUT2D eigenvalue weighted by Gasteiger charge is 2.28. The molecule has 0 saturated carbocycles. The molecular weight excluding hydrogens is 447 g/mol. The summed E-state index contributed by atoms with van der Waals surface area (Å²) >= 11 is 0. The van der Waals surface area contributed by atoms with Crippen LogP contribution in [0, 0.1) is 16.7 Å². The Kier molecular flexibility index (Phi) is 5.83. The third-order valence-electron chi connectivity index (χ3n) is 5.03. The van der Waals surface area contributed by atoms with Crippen LogP contribution in [-0.4, -0.2) is 43.4 Å². The van der Waals surface area contributed by atoms with E-state index < -0.39 is 18.1 Å². The SMILES string of the molecule is CC(C)(C#N)CNC(=O)c1cccc(-c2cnc3[nH]c(-c4cnn(CC(F)(F)F)c4)cc3c2)n1. The molecule has 0 radical (unpaired) electrons. The fourth-order valence-corrected chi connectivity index (χ4v) is 3.24. The van der Waals surface area contributed by atoms with Crippen LogP contribution in [0.25, 0.3) is 33.5 Å². The topological polar surface area (TPSA) is 112 Å². The molecule has 0 aliphatic heterocycles. The highest BCUT2D eigenvalue weighted by Crippen LogP contribution is 2.27. The van der Waals surface area contributed by atoms with Crippen molar-refractivity contribution in [1.29, 1.82) is 5.26 Å². The molecule has 2 N–H and O–H groups in total. The van der Waals surface area contributed by atoms with Gasteiger partial charge in [0.25, 0.3) is 5.91 Å². The van der Waals surface area contributed by atoms with Crippen molar-refractivity contribution >= 4 is 16.9 Å². The molecule has 34 heavy (non-hydrogen) atoms. The van der Waals surface area contributed by atoms with Gasteiger partial charge >= 0.3 is 6.18 Å². The van der Waals surface area contributed by atoms with Gasteiger partial charge in [-0.25, -0.2) is 9.97 Å². The lowest BCUT2D eigenvalue weighted by Gasteiger charge is -2.15. The minimum absolute atomic E-state index is 0.188. The van der Waals surface area contributed by atoms with Gasteiger partial charge in [-0.1, -0.05) is 6.07 Å². The zero-order chi connectivity index (χ0) is 24.5. The third-order valence-corrected chi connectivity index (χ3v) is 5.03. The zero-order valence-corrected chi connectivity index (χ0v) is 18.3. The van der Waals surface area contributed by atoms with Gasteiger partial charge in [0.15, 0.2) is 0 Å². The van der Waals surface area contributed by atoms with Gasteiger partial charge < -0.3 is 10.3 Å². The highest BCUT2D eigenvalue weighted by molar-refractivity contribution is 5.93. The van der Waals surface area contributed by atoms with E-state index in [1.165, 1.54) is 12.4 Å². The van der Waals surface area contributed by atoms with E-state index in [1.54, 1.807) is 44.3 Å². The first-order chi connectivity index (χ1) is 16.0. The summed E-state index contributed by atoms with van der Waals surface area (Å²) in [7, 11) is 0. The van der Waals surface area contributed by atoms with Crippen LogP contribution in [0.15, 0.2) is 48.9 Å². The first-order valence-electron chi connectivity index (χ1n) is 10.3. The van der Waals surface area contributed by atoms with Crippen LogP contribution in [0.4, 0.5) is 13.2 Å². The molecule has 0 saturated heterocycles. The Morgan fingerprint density at radius 2 is 2.00 bits per heavy atom. The van der Waals surface area contributed by atoms with Gasteiger partial charge in [-0.3, -0.25) is 9.48 Å². The summed E-state index contributed by atoms with van der Waals surface area (Å²) in [5.74, 6) is -0.390. The van der Waals surface area contributed by atoms with E-state index in [4.69, 9.17) is 5.26 Å². The lowest BCUT2D eigenvalue weighted by molar-refractivity contribution is -0.142. The molecule has 4 rings (SSSR count). The van der Waals surface area contributed by atoms with E-state index in [-0.39, 0.29) is 18.1 Å². The molecule has 4 aromatic heterocycles. The van der Waals surface area contributed by atoms with E-state index in [1.807, 2.05) is 6.07 Å². The Hall–Kier alpha value is -4.20. The van der Waals surface area contributed by atoms with Crippen LogP contribution < -0.4 is 5.32 Å². The average Bonchev–Trinajstić information content (AvgIpc) is 3.42. The maximum atomic E-state index is 12.6. The highest BCUT2D eigenvalue weighted by atomic mass is 19.4. The van der Waals surface area contributed by atoms with Crippen molar-refractivity contribution in [2.75, 3.05) is 6.54 Å². The number of carbonyl (C=O) groups excluding carboxylic acids is 1. The molecule has 11 heteroatoms. The van der Waals surface area contributed by atoms with Crippen LogP contribution >= 0.6 is 0 Å². The van der Waals surface area contributed by atoms with Crippen molar-refractivity contribution in [2.24, 2.45) is 5.41 Å². The minimum Gasteiger partial charge on any atom is -0.349 e. The molecule has 0 aliphatic carbocycles. The van der Waals surface area contributed by atoms with Gasteiger partial charge in [-0.05, 0) is 38.1 Å². The van der Waals surface area contributed by atoms with Crippen molar-refractivity contribution < 1.29 is 18.0 Å². The summed E-state index contributed by atoms with van der Waals surface area (Å²) in [6.45, 7) is 2.47. The van der Waals surface area contributed by atoms with E-state index >= 15 is 0 Å². The molecule has 4 heterocycles. The van der Waals surface area contributed by atoms with Gasteiger partial charge in [0.1, 0.15) is 17.9 Å². The van der Waals surface area contributed by atoms with Crippen molar-refractivity contribution in [3.05, 3.63) is 54.6 Å². The van der Waals surface area contributed by atoms with Crippen LogP contribution in [0.2, 0.25) is 0 Å². The van der Waals surface area contributed by atoms with Gasteiger partial charge in [0.2, 0.25) is 0 Å². The number of pyridine rings is 2. The van der Waals surface area contributed by atoms with Crippen molar-refractivity contribution in [3.8, 4) is 28.6 Å². The normalized spacial score (nSPS) is 12.0. The second-order valence-corrected chi connectivity index (χ2v) is 8.47. The number of rotatable bonds is 6. The van der Waals surface area contributed by atoms with Crippen LogP contribution in [0.1, 0.15) is 24.3 Å². The number of nitriles is 1. The summed E-state index contributed by atoms with van der Waals surface area (Å²) in [5, 5.41) is 16.3. The molecule has 4 aromatic rings. The van der Waals surface area contributed by atoms with Gasteiger partial charge in [0.05, 0.1) is 29.1 Å². The fraction of sp³-hybridized carbons (Fsp3) is 0.261. The molecule has 0 aliphatic rings. The molecule has 174 valence electrons. The third kappa shape index (κ3) is 5.23. The summed E-state index contributed by atoms with van der Waals surface area (Å²) in [6.07, 6.45) is -0.0893. The number of aromatic amines is 1. The van der Waals surface area contributed by atoms with Crippen molar-refractivity contribution in [1.82, 2.24) is 30.0 Å². The Labute approximate surface area is 192 Å². The number of H-pyrrole nitrogens is 1. The van der Waals surface area contributed by atoms with Gasteiger partial charge in [-0.2, -0.15) is 23.5 Å². The molecule has 0 fully saturated rings. The maximum absolute atomic E-state index is 12.6. The van der Waals surface area contributed by atoms with Crippen molar-refractivity contribution in [2.45, 2.75) is 26.6 Å². The molecular formula is C23H20F3N7O. The van der Waals surface area contributed by atoms with Crippen molar-refractivity contribution in [3.63, 3.8) is 0 Å². The van der Waals surface area contributed by atoms with Crippen LogP contribution in [0.3, 0.4) is 0 Å². The summed E-state index contributed by atoms with van der Waals surface area (Å²) < 4.78 is 38.6. The maximum Gasteiger partial charge on any atom is 0.408 e. The Bertz CT molecular complexity index is 1400. The number of nitrogens with one attached hydrogen (secondary N) is 2. The number of fused-ring (bicyclic) bond motifs is 1. The monoisotopic (exact) mass is 467 g/mol. The number of hydrogen-bond donors (Lipinski definition) is 2. The molecule has 0 aromatic carbocycles. The van der Waals surface area contributed by atoms with E-state index in [9.17, 15) is 18.0 Å². The smallest absolute Gasteiger partial charge is 0.349 e. The largest absolute Gasteiger partial charge is 0.408 e. The number of carbonyl (C=O) groups is 1. The molecule has 0 spiro atoms. The predicted octanol–water partition coefficient (Wildman–Crippen LogP) is 4.33. The molecule has 0 unspecified atom stereocenters. The summed E-state index contributed by atoms with van der Waals surface area (Å²) in [6, 6.07) is 10.7. The van der Waals surface area contributed by atoms with E-state index in [0.29, 0.717) is 28.2 Å². The molecule has 1 amide bonds. The fourth-order valence-electron chi connectivity index (χ4n) is 3.24. The molecule has 8 nitrogen and oxygen atoms in total. The Morgan fingerprint density at radius 1 is 1.21 bits per heavy atom. The first-order valence-corrected chi connectivity index (χ1v) is 10.3. The number of nitrogens with zero attached hydrogens (tertiary/aromatic N) is 5. The predicted molar refractivity (Wildman–Crippen MR) is 118 cm³/mol. The zero-order valence-electron chi connectivity index (χ0n) is 18.3. The minimum atomic E-state index is -4.36. The van der Waals surface area contributed by atoms with Gasteiger partial charge in [-0.15, -0.1) is 0 Å². The number of amides is 1. The molecule has 0 bridgehead atoms. The Morgan fingerprint density at radius 3 is 2.74 bits per heavy atom. The average molecular weight is 467 g/mol. The summed E-state index contributed by atoms with van der Waals surface area (Å²) in [4.78, 5) is 24.3. The lowest BCUT2D eigenvalue weighted by Crippen LogP contribution is -2.33. The second-order valence-electron chi connectivity index (χ2n) is 8.47. The van der Waals surface area contributed by atoms with E-state index in [0.717, 1.165) is 10.1 Å². The second kappa shape index (κ2) is 8.62. The van der Waals surface area contributed by atoms with Crippen LogP contribution in [0.5, 0.6) is 0 Å². The standard InChI is InChI=1S/C23H20F3N7O/c1-22(2,11-27)12-29-21(34)18-5-3-4-17(31-18)15-6-14-7-19(32-20(14)28-8-15)16-9-30-33(10-16)13-23(24,25)26/h3-10H,12-13H2,1-2H3,(H,28,32)(H,29,34). The molecule has 0 atom stereocenters. The number of halogens is 3.